The number of aromatic amines is 1. The molecule has 43 heavy (non-hydrogen) atoms. The number of aromatic nitrogens is 6. The number of fused-ring (bicyclic) bond motifs is 2. The molecule has 0 radical (unpaired) electrons. The van der Waals surface area contributed by atoms with Crippen LogP contribution in [-0.2, 0) is 17.8 Å². The highest BCUT2D eigenvalue weighted by molar-refractivity contribution is 6.18. The smallest absolute Gasteiger partial charge is 0.150 e. The van der Waals surface area contributed by atoms with Gasteiger partial charge in [0.15, 0.2) is 6.23 Å². The van der Waals surface area contributed by atoms with E-state index in [9.17, 15) is 0 Å². The molecule has 9 nitrogen and oxygen atoms in total. The standard InChI is InChI=1S/C33H39ClN8O/c34-10-11-35-25-16-27(28-18-36-42(31(28)17-25)32-4-1-2-13-43-32)30-21-41(39-38-30)19-23-5-6-24-15-26(37-29(24)14-23)20-40-12-9-33(22-40)7-3-8-33/h5-6,14-18,21,32,35,37H,1-4,7-13,19-20,22H2. The molecular weight excluding hydrogens is 560 g/mol. The van der Waals surface area contributed by atoms with E-state index < -0.39 is 0 Å². The first-order chi connectivity index (χ1) is 21.1. The Morgan fingerprint density at radius 3 is 2.84 bits per heavy atom. The van der Waals surface area contributed by atoms with Gasteiger partial charge in [-0.1, -0.05) is 23.8 Å². The molecule has 3 aromatic heterocycles. The minimum atomic E-state index is -0.0452. The lowest BCUT2D eigenvalue weighted by molar-refractivity contribution is -0.0366. The molecule has 8 rings (SSSR count). The highest BCUT2D eigenvalue weighted by Gasteiger charge is 2.42. The number of H-pyrrole nitrogens is 1. The summed E-state index contributed by atoms with van der Waals surface area (Å²) < 4.78 is 10.0. The summed E-state index contributed by atoms with van der Waals surface area (Å²) in [5.41, 5.74) is 8.14. The van der Waals surface area contributed by atoms with E-state index in [2.05, 4.69) is 61.9 Å². The summed E-state index contributed by atoms with van der Waals surface area (Å²) in [7, 11) is 0. The number of nitrogens with zero attached hydrogens (tertiary/aromatic N) is 6. The Hall–Kier alpha value is -3.40. The quantitative estimate of drug-likeness (QED) is 0.187. The number of anilines is 1. The Morgan fingerprint density at radius 1 is 1.07 bits per heavy atom. The largest absolute Gasteiger partial charge is 0.384 e. The van der Waals surface area contributed by atoms with Crippen molar-refractivity contribution in [2.24, 2.45) is 5.41 Å². The topological polar surface area (TPSA) is 88.8 Å². The van der Waals surface area contributed by atoms with Crippen LogP contribution in [0, 0.1) is 5.41 Å². The van der Waals surface area contributed by atoms with Gasteiger partial charge in [-0.25, -0.2) is 9.36 Å². The Kier molecular flexibility index (Phi) is 7.12. The molecule has 1 unspecified atom stereocenters. The molecule has 0 amide bonds. The molecule has 2 aromatic carbocycles. The number of halogens is 1. The average molecular weight is 599 g/mol. The number of rotatable bonds is 9. The van der Waals surface area contributed by atoms with Gasteiger partial charge in [0.05, 0.1) is 24.5 Å². The molecule has 3 fully saturated rings. The van der Waals surface area contributed by atoms with Crippen LogP contribution < -0.4 is 5.32 Å². The maximum absolute atomic E-state index is 6.07. The molecule has 1 atom stereocenters. The van der Waals surface area contributed by atoms with Crippen LogP contribution in [0.4, 0.5) is 5.69 Å². The minimum Gasteiger partial charge on any atom is -0.384 e. The van der Waals surface area contributed by atoms with Crippen molar-refractivity contribution in [2.45, 2.75) is 64.3 Å². The van der Waals surface area contributed by atoms with Crippen molar-refractivity contribution in [3.05, 3.63) is 60.0 Å². The number of ether oxygens (including phenoxy) is 1. The van der Waals surface area contributed by atoms with Gasteiger partial charge in [-0.05, 0) is 85.7 Å². The number of nitrogens with one attached hydrogen (secondary N) is 2. The second-order valence-corrected chi connectivity index (χ2v) is 13.2. The van der Waals surface area contributed by atoms with Gasteiger partial charge in [-0.3, -0.25) is 4.90 Å². The molecule has 0 bridgehead atoms. The Morgan fingerprint density at radius 2 is 2.02 bits per heavy atom. The zero-order chi connectivity index (χ0) is 28.8. The van der Waals surface area contributed by atoms with Crippen LogP contribution in [-0.4, -0.2) is 66.8 Å². The van der Waals surface area contributed by atoms with Gasteiger partial charge in [0.1, 0.15) is 5.69 Å². The van der Waals surface area contributed by atoms with Crippen LogP contribution in [0.25, 0.3) is 33.1 Å². The van der Waals surface area contributed by atoms with Crippen molar-refractivity contribution in [1.82, 2.24) is 34.7 Å². The van der Waals surface area contributed by atoms with Crippen LogP contribution in [0.5, 0.6) is 0 Å². The lowest BCUT2D eigenvalue weighted by Gasteiger charge is -2.38. The van der Waals surface area contributed by atoms with Crippen LogP contribution in [0.15, 0.2) is 48.8 Å². The van der Waals surface area contributed by atoms with E-state index in [1.54, 1.807) is 0 Å². The highest BCUT2D eigenvalue weighted by Crippen LogP contribution is 2.48. The Labute approximate surface area is 256 Å². The first kappa shape index (κ1) is 27.2. The maximum atomic E-state index is 6.07. The van der Waals surface area contributed by atoms with E-state index in [1.807, 2.05) is 21.8 Å². The second-order valence-electron chi connectivity index (χ2n) is 12.8. The summed E-state index contributed by atoms with van der Waals surface area (Å²) in [6.45, 7) is 5.59. The van der Waals surface area contributed by atoms with Crippen molar-refractivity contribution >= 4 is 39.1 Å². The van der Waals surface area contributed by atoms with Gasteiger partial charge >= 0.3 is 0 Å². The number of alkyl halides is 1. The van der Waals surface area contributed by atoms with Crippen LogP contribution in [0.3, 0.4) is 0 Å². The lowest BCUT2D eigenvalue weighted by atomic mass is 9.68. The SMILES string of the molecule is ClCCNc1cc(-c2cn(Cc3ccc4cc(CN5CCC6(CCC6)C5)[nH]c4c3)nn2)c2cnn(C3CCCCO3)c2c1. The third-order valence-electron chi connectivity index (χ3n) is 9.80. The predicted octanol–water partition coefficient (Wildman–Crippen LogP) is 6.55. The summed E-state index contributed by atoms with van der Waals surface area (Å²) >= 11 is 6.00. The second kappa shape index (κ2) is 11.3. The molecule has 10 heteroatoms. The Bertz CT molecular complexity index is 1740. The Balaban J connectivity index is 1.03. The number of hydrogen-bond donors (Lipinski definition) is 2. The van der Waals surface area contributed by atoms with Crippen LogP contribution >= 0.6 is 11.6 Å². The summed E-state index contributed by atoms with van der Waals surface area (Å²) in [4.78, 5) is 6.32. The third-order valence-corrected chi connectivity index (χ3v) is 9.98. The van der Waals surface area contributed by atoms with Crippen molar-refractivity contribution in [3.8, 4) is 11.3 Å². The van der Waals surface area contributed by atoms with Gasteiger partial charge in [0.25, 0.3) is 0 Å². The van der Waals surface area contributed by atoms with Crippen molar-refractivity contribution in [2.75, 3.05) is 37.4 Å². The summed E-state index contributed by atoms with van der Waals surface area (Å²) in [6.07, 6.45) is 12.8. The molecule has 2 saturated heterocycles. The first-order valence-corrected chi connectivity index (χ1v) is 16.3. The monoisotopic (exact) mass is 598 g/mol. The third kappa shape index (κ3) is 5.32. The molecule has 5 heterocycles. The normalized spacial score (nSPS) is 20.3. The van der Waals surface area contributed by atoms with E-state index in [4.69, 9.17) is 21.4 Å². The van der Waals surface area contributed by atoms with Gasteiger partial charge in [-0.2, -0.15) is 5.10 Å². The van der Waals surface area contributed by atoms with E-state index in [-0.39, 0.29) is 6.23 Å². The van der Waals surface area contributed by atoms with E-state index >= 15 is 0 Å². The summed E-state index contributed by atoms with van der Waals surface area (Å²) in [5.74, 6) is 0.528. The van der Waals surface area contributed by atoms with Gasteiger partial charge in [0.2, 0.25) is 0 Å². The van der Waals surface area contributed by atoms with Gasteiger partial charge in [0, 0.05) is 60.0 Å². The molecule has 1 spiro atoms. The zero-order valence-electron chi connectivity index (χ0n) is 24.6. The van der Waals surface area contributed by atoms with E-state index in [0.717, 1.165) is 60.3 Å². The van der Waals surface area contributed by atoms with Crippen LogP contribution in [0.2, 0.25) is 0 Å². The molecule has 2 aliphatic heterocycles. The number of benzene rings is 2. The lowest BCUT2D eigenvalue weighted by Crippen LogP contribution is -2.32. The molecule has 1 aliphatic carbocycles. The maximum Gasteiger partial charge on any atom is 0.150 e. The average Bonchev–Trinajstić information content (AvgIpc) is 3.81. The fraction of sp³-hybridized carbons (Fsp3) is 0.485. The fourth-order valence-electron chi connectivity index (χ4n) is 7.39. The summed E-state index contributed by atoms with van der Waals surface area (Å²) in [5, 5.41) is 19.6. The molecule has 224 valence electrons. The van der Waals surface area contributed by atoms with Gasteiger partial charge in [-0.15, -0.1) is 16.7 Å². The van der Waals surface area contributed by atoms with E-state index in [1.165, 1.54) is 60.9 Å². The first-order valence-electron chi connectivity index (χ1n) is 15.8. The molecule has 3 aliphatic rings. The van der Waals surface area contributed by atoms with E-state index in [0.29, 0.717) is 24.4 Å². The summed E-state index contributed by atoms with van der Waals surface area (Å²) in [6, 6.07) is 13.2. The van der Waals surface area contributed by atoms with Crippen LogP contribution in [0.1, 0.15) is 62.4 Å². The molecule has 1 saturated carbocycles. The number of likely N-dealkylation sites (tertiary alicyclic amines) is 1. The minimum absolute atomic E-state index is 0.0452. The van der Waals surface area contributed by atoms with Crippen molar-refractivity contribution in [3.63, 3.8) is 0 Å². The van der Waals surface area contributed by atoms with Crippen molar-refractivity contribution in [1.29, 1.82) is 0 Å². The number of hydrogen-bond acceptors (Lipinski definition) is 6. The molecule has 2 N–H and O–H groups in total. The molecular formula is C33H39ClN8O. The molecule has 5 aromatic rings. The highest BCUT2D eigenvalue weighted by atomic mass is 35.5. The van der Waals surface area contributed by atoms with Gasteiger partial charge < -0.3 is 15.0 Å². The van der Waals surface area contributed by atoms with Crippen molar-refractivity contribution < 1.29 is 4.74 Å². The zero-order valence-corrected chi connectivity index (χ0v) is 25.3. The fourth-order valence-corrected chi connectivity index (χ4v) is 7.48. The predicted molar refractivity (Wildman–Crippen MR) is 170 cm³/mol.